The van der Waals surface area contributed by atoms with Crippen molar-refractivity contribution in [2.45, 2.75) is 6.61 Å². The first kappa shape index (κ1) is 15.9. The molecule has 0 unspecified atom stereocenters. The van der Waals surface area contributed by atoms with E-state index in [1.165, 1.54) is 6.07 Å². The molecule has 0 aliphatic rings. The van der Waals surface area contributed by atoms with E-state index in [1.54, 1.807) is 12.3 Å². The van der Waals surface area contributed by atoms with Crippen LogP contribution in [0.4, 0.5) is 10.7 Å². The van der Waals surface area contributed by atoms with Gasteiger partial charge in [0.1, 0.15) is 12.4 Å². The molecule has 120 valence electrons. The quantitative estimate of drug-likeness (QED) is 0.361. The summed E-state index contributed by atoms with van der Waals surface area (Å²) < 4.78 is 5.71. The Morgan fingerprint density at radius 3 is 2.46 bits per heavy atom. The van der Waals surface area contributed by atoms with Crippen molar-refractivity contribution in [2.24, 2.45) is 4.99 Å². The van der Waals surface area contributed by atoms with Crippen LogP contribution >= 0.6 is 11.3 Å². The molecular weight excluding hydrogens is 324 g/mol. The molecule has 5 nitrogen and oxygen atoms in total. The van der Waals surface area contributed by atoms with E-state index in [2.05, 4.69) is 4.99 Å². The Morgan fingerprint density at radius 1 is 1.04 bits per heavy atom. The van der Waals surface area contributed by atoms with Crippen LogP contribution < -0.4 is 4.74 Å². The fourth-order valence-corrected chi connectivity index (χ4v) is 2.71. The van der Waals surface area contributed by atoms with Gasteiger partial charge in [-0.1, -0.05) is 41.7 Å². The number of benzene rings is 2. The van der Waals surface area contributed by atoms with E-state index in [-0.39, 0.29) is 5.00 Å². The minimum Gasteiger partial charge on any atom is -0.489 e. The van der Waals surface area contributed by atoms with Crippen molar-refractivity contribution in [3.63, 3.8) is 0 Å². The summed E-state index contributed by atoms with van der Waals surface area (Å²) >= 11 is 1.10. The highest BCUT2D eigenvalue weighted by atomic mass is 32.1. The number of thiophene rings is 1. The van der Waals surface area contributed by atoms with Crippen LogP contribution in [0.1, 0.15) is 10.4 Å². The van der Waals surface area contributed by atoms with Crippen molar-refractivity contribution in [3.8, 4) is 5.75 Å². The summed E-state index contributed by atoms with van der Waals surface area (Å²) in [4.78, 5) is 15.3. The van der Waals surface area contributed by atoms with E-state index in [4.69, 9.17) is 4.74 Å². The summed E-state index contributed by atoms with van der Waals surface area (Å²) in [6, 6.07) is 20.5. The van der Waals surface area contributed by atoms with Crippen molar-refractivity contribution in [2.75, 3.05) is 0 Å². The van der Waals surface area contributed by atoms with Gasteiger partial charge in [-0.2, -0.15) is 0 Å². The lowest BCUT2D eigenvalue weighted by Crippen LogP contribution is -1.94. The molecule has 24 heavy (non-hydrogen) atoms. The lowest BCUT2D eigenvalue weighted by Gasteiger charge is -2.06. The van der Waals surface area contributed by atoms with Crippen LogP contribution in [0.15, 0.2) is 71.7 Å². The third-order valence-electron chi connectivity index (χ3n) is 3.22. The van der Waals surface area contributed by atoms with E-state index in [9.17, 15) is 10.1 Å². The maximum atomic E-state index is 10.6. The summed E-state index contributed by atoms with van der Waals surface area (Å²) in [5.41, 5.74) is 1.87. The molecule has 0 fully saturated rings. The van der Waals surface area contributed by atoms with Gasteiger partial charge >= 0.3 is 5.00 Å². The molecular formula is C18H14N2O3S. The molecule has 2 aromatic carbocycles. The van der Waals surface area contributed by atoms with E-state index in [0.717, 1.165) is 33.2 Å². The SMILES string of the molecule is O=[N+]([O-])c1ccc(C=Nc2ccc(OCc3ccccc3)cc2)s1. The molecule has 1 heterocycles. The summed E-state index contributed by atoms with van der Waals surface area (Å²) in [7, 11) is 0. The lowest BCUT2D eigenvalue weighted by atomic mass is 10.2. The Hall–Kier alpha value is -2.99. The van der Waals surface area contributed by atoms with E-state index >= 15 is 0 Å². The molecule has 0 N–H and O–H groups in total. The third kappa shape index (κ3) is 4.27. The third-order valence-corrected chi connectivity index (χ3v) is 4.19. The second kappa shape index (κ2) is 7.52. The van der Waals surface area contributed by atoms with Crippen LogP contribution in [0.2, 0.25) is 0 Å². The van der Waals surface area contributed by atoms with Gasteiger partial charge in [0.05, 0.1) is 15.5 Å². The molecule has 0 atom stereocenters. The number of hydrogen-bond acceptors (Lipinski definition) is 5. The second-order valence-electron chi connectivity index (χ2n) is 4.96. The first-order valence-electron chi connectivity index (χ1n) is 7.26. The zero-order valence-electron chi connectivity index (χ0n) is 12.7. The monoisotopic (exact) mass is 338 g/mol. The van der Waals surface area contributed by atoms with Gasteiger partial charge in [0.15, 0.2) is 0 Å². The van der Waals surface area contributed by atoms with E-state index in [0.29, 0.717) is 6.61 Å². The van der Waals surface area contributed by atoms with Crippen molar-refractivity contribution in [1.82, 2.24) is 0 Å². The molecule has 3 aromatic rings. The van der Waals surface area contributed by atoms with Gasteiger partial charge in [0.2, 0.25) is 0 Å². The summed E-state index contributed by atoms with van der Waals surface area (Å²) in [5.74, 6) is 0.768. The van der Waals surface area contributed by atoms with Gasteiger partial charge in [-0.15, -0.1) is 0 Å². The Labute approximate surface area is 143 Å². The fourth-order valence-electron chi connectivity index (χ4n) is 2.02. The van der Waals surface area contributed by atoms with Crippen molar-refractivity contribution in [1.29, 1.82) is 0 Å². The van der Waals surface area contributed by atoms with Crippen LogP contribution in [0.3, 0.4) is 0 Å². The summed E-state index contributed by atoms with van der Waals surface area (Å²) in [6.45, 7) is 0.516. The first-order chi connectivity index (χ1) is 11.7. The maximum Gasteiger partial charge on any atom is 0.324 e. The minimum atomic E-state index is -0.402. The topological polar surface area (TPSA) is 64.7 Å². The number of ether oxygens (including phenoxy) is 1. The van der Waals surface area contributed by atoms with Crippen LogP contribution in [0, 0.1) is 10.1 Å². The van der Waals surface area contributed by atoms with Crippen molar-refractivity contribution >= 4 is 28.2 Å². The molecule has 0 saturated heterocycles. The average Bonchev–Trinajstić information content (AvgIpc) is 3.09. The molecule has 6 heteroatoms. The minimum absolute atomic E-state index is 0.112. The van der Waals surface area contributed by atoms with Gasteiger partial charge in [0, 0.05) is 12.3 Å². The largest absolute Gasteiger partial charge is 0.489 e. The molecule has 1 aromatic heterocycles. The lowest BCUT2D eigenvalue weighted by molar-refractivity contribution is -0.380. The van der Waals surface area contributed by atoms with Crippen molar-refractivity contribution in [3.05, 3.63) is 87.3 Å². The highest BCUT2D eigenvalue weighted by Gasteiger charge is 2.07. The molecule has 0 amide bonds. The average molecular weight is 338 g/mol. The van der Waals surface area contributed by atoms with Crippen LogP contribution in [-0.4, -0.2) is 11.1 Å². The van der Waals surface area contributed by atoms with Gasteiger partial charge in [-0.05, 0) is 35.9 Å². The number of nitrogens with zero attached hydrogens (tertiary/aromatic N) is 2. The zero-order chi connectivity index (χ0) is 16.8. The fraction of sp³-hybridized carbons (Fsp3) is 0.0556. The molecule has 0 saturated carbocycles. The smallest absolute Gasteiger partial charge is 0.324 e. The molecule has 0 aliphatic carbocycles. The van der Waals surface area contributed by atoms with Crippen molar-refractivity contribution < 1.29 is 9.66 Å². The highest BCUT2D eigenvalue weighted by Crippen LogP contribution is 2.24. The van der Waals surface area contributed by atoms with Gasteiger partial charge < -0.3 is 4.74 Å². The van der Waals surface area contributed by atoms with Gasteiger partial charge in [-0.25, -0.2) is 0 Å². The Morgan fingerprint density at radius 2 is 1.79 bits per heavy atom. The zero-order valence-corrected chi connectivity index (χ0v) is 13.5. The number of rotatable bonds is 6. The number of nitro groups is 1. The summed E-state index contributed by atoms with van der Waals surface area (Å²) in [6.07, 6.45) is 1.62. The molecule has 0 aliphatic heterocycles. The Balaban J connectivity index is 1.59. The normalized spacial score (nSPS) is 10.8. The van der Waals surface area contributed by atoms with E-state index < -0.39 is 4.92 Å². The highest BCUT2D eigenvalue weighted by molar-refractivity contribution is 7.16. The predicted octanol–water partition coefficient (Wildman–Crippen LogP) is 4.99. The number of aliphatic imine (C=N–C) groups is 1. The van der Waals surface area contributed by atoms with E-state index in [1.807, 2.05) is 54.6 Å². The maximum absolute atomic E-state index is 10.6. The Kier molecular flexibility index (Phi) is 4.98. The summed E-state index contributed by atoms with van der Waals surface area (Å²) in [5, 5.41) is 10.8. The second-order valence-corrected chi connectivity index (χ2v) is 6.05. The first-order valence-corrected chi connectivity index (χ1v) is 8.07. The molecule has 3 rings (SSSR count). The van der Waals surface area contributed by atoms with Crippen LogP contribution in [0.25, 0.3) is 0 Å². The number of hydrogen-bond donors (Lipinski definition) is 0. The predicted molar refractivity (Wildman–Crippen MR) is 95.4 cm³/mol. The molecule has 0 radical (unpaired) electrons. The van der Waals surface area contributed by atoms with Crippen LogP contribution in [-0.2, 0) is 6.61 Å². The Bertz CT molecular complexity index is 842. The van der Waals surface area contributed by atoms with Gasteiger partial charge in [0.25, 0.3) is 0 Å². The standard InChI is InChI=1S/C18H14N2O3S/c21-20(22)18-11-10-17(24-18)12-19-15-6-8-16(9-7-15)23-13-14-4-2-1-3-5-14/h1-12H,13H2. The molecule has 0 spiro atoms. The van der Waals surface area contributed by atoms with Gasteiger partial charge in [-0.3, -0.25) is 15.1 Å². The molecule has 0 bridgehead atoms. The van der Waals surface area contributed by atoms with Crippen LogP contribution in [0.5, 0.6) is 5.75 Å².